The Bertz CT molecular complexity index is 450. The first-order valence-corrected chi connectivity index (χ1v) is 4.93. The molecule has 0 saturated carbocycles. The lowest BCUT2D eigenvalue weighted by Crippen LogP contribution is -2.09. The summed E-state index contributed by atoms with van der Waals surface area (Å²) >= 11 is 6.10. The van der Waals surface area contributed by atoms with Gasteiger partial charge in [-0.3, -0.25) is 0 Å². The molecule has 0 aliphatic heterocycles. The van der Waals surface area contributed by atoms with Crippen LogP contribution in [0.4, 0.5) is 0 Å². The maximum absolute atomic E-state index is 6.10. The molecule has 2 heterocycles. The number of nitrogens with one attached hydrogen (secondary N) is 1. The van der Waals surface area contributed by atoms with E-state index in [-0.39, 0.29) is 5.92 Å². The zero-order valence-corrected chi connectivity index (χ0v) is 8.67. The van der Waals surface area contributed by atoms with Gasteiger partial charge in [0.2, 0.25) is 0 Å². The number of hydrogen-bond donors (Lipinski definition) is 2. The van der Waals surface area contributed by atoms with E-state index in [1.807, 2.05) is 12.3 Å². The van der Waals surface area contributed by atoms with Crippen LogP contribution in [0.2, 0.25) is 5.02 Å². The maximum Gasteiger partial charge on any atom is 0.137 e. The molecule has 0 spiro atoms. The molecule has 3 nitrogen and oxygen atoms in total. The lowest BCUT2D eigenvalue weighted by atomic mass is 9.99. The van der Waals surface area contributed by atoms with E-state index in [1.54, 1.807) is 6.20 Å². The summed E-state index contributed by atoms with van der Waals surface area (Å²) in [5.41, 5.74) is 7.59. The average molecular weight is 210 g/mol. The fraction of sp³-hybridized carbons (Fsp3) is 0.300. The molecular weight excluding hydrogens is 198 g/mol. The van der Waals surface area contributed by atoms with E-state index in [2.05, 4.69) is 16.9 Å². The van der Waals surface area contributed by atoms with E-state index in [0.717, 1.165) is 16.6 Å². The Balaban J connectivity index is 2.70. The molecule has 14 heavy (non-hydrogen) atoms. The molecule has 2 aromatic rings. The minimum Gasteiger partial charge on any atom is -0.346 e. The maximum atomic E-state index is 6.10. The van der Waals surface area contributed by atoms with Crippen molar-refractivity contribution >= 4 is 22.6 Å². The van der Waals surface area contributed by atoms with Gasteiger partial charge in [0.05, 0.1) is 5.02 Å². The number of aromatic nitrogens is 2. The first-order chi connectivity index (χ1) is 6.74. The monoisotopic (exact) mass is 209 g/mol. The second-order valence-electron chi connectivity index (χ2n) is 3.40. The molecule has 0 bridgehead atoms. The predicted octanol–water partition coefficient (Wildman–Crippen LogP) is 2.28. The van der Waals surface area contributed by atoms with Crippen LogP contribution in [-0.4, -0.2) is 16.5 Å². The van der Waals surface area contributed by atoms with Crippen molar-refractivity contribution in [1.82, 2.24) is 9.97 Å². The van der Waals surface area contributed by atoms with E-state index in [4.69, 9.17) is 17.3 Å². The van der Waals surface area contributed by atoms with Gasteiger partial charge in [-0.25, -0.2) is 4.98 Å². The van der Waals surface area contributed by atoms with Gasteiger partial charge in [0.1, 0.15) is 5.65 Å². The first kappa shape index (κ1) is 9.49. The zero-order valence-electron chi connectivity index (χ0n) is 7.92. The fourth-order valence-electron chi connectivity index (χ4n) is 1.62. The molecule has 74 valence electrons. The number of aromatic amines is 1. The summed E-state index contributed by atoms with van der Waals surface area (Å²) in [7, 11) is 0. The molecule has 2 aromatic heterocycles. The SMILES string of the molecule is CC(CN)c1c(Cl)cnc2[nH]ccc12. The van der Waals surface area contributed by atoms with Crippen LogP contribution in [0.1, 0.15) is 18.4 Å². The highest BCUT2D eigenvalue weighted by atomic mass is 35.5. The number of nitrogens with two attached hydrogens (primary N) is 1. The molecule has 0 saturated heterocycles. The molecule has 0 aromatic carbocycles. The Kier molecular flexibility index (Phi) is 2.44. The number of fused-ring (bicyclic) bond motifs is 1. The third kappa shape index (κ3) is 1.38. The van der Waals surface area contributed by atoms with Gasteiger partial charge in [-0.2, -0.15) is 0 Å². The molecule has 4 heteroatoms. The van der Waals surface area contributed by atoms with Gasteiger partial charge in [0.25, 0.3) is 0 Å². The molecule has 0 fully saturated rings. The summed E-state index contributed by atoms with van der Waals surface area (Å²) in [6, 6.07) is 1.98. The largest absolute Gasteiger partial charge is 0.346 e. The van der Waals surface area contributed by atoms with Crippen molar-refractivity contribution in [3.05, 3.63) is 29.0 Å². The lowest BCUT2D eigenvalue weighted by Gasteiger charge is -2.11. The number of hydrogen-bond acceptors (Lipinski definition) is 2. The third-order valence-corrected chi connectivity index (χ3v) is 2.73. The molecule has 0 radical (unpaired) electrons. The molecule has 3 N–H and O–H groups in total. The van der Waals surface area contributed by atoms with Gasteiger partial charge in [0, 0.05) is 17.8 Å². The van der Waals surface area contributed by atoms with E-state index in [0.29, 0.717) is 11.6 Å². The number of rotatable bonds is 2. The topological polar surface area (TPSA) is 54.7 Å². The zero-order chi connectivity index (χ0) is 10.1. The standard InChI is InChI=1S/C10H12ClN3/c1-6(4-12)9-7-2-3-13-10(7)14-5-8(9)11/h2-3,5-6H,4,12H2,1H3,(H,13,14). The van der Waals surface area contributed by atoms with Crippen LogP contribution in [-0.2, 0) is 0 Å². The number of H-pyrrole nitrogens is 1. The Hall–Kier alpha value is -1.06. The Morgan fingerprint density at radius 2 is 2.43 bits per heavy atom. The van der Waals surface area contributed by atoms with Gasteiger partial charge in [0.15, 0.2) is 0 Å². The van der Waals surface area contributed by atoms with E-state index < -0.39 is 0 Å². The Morgan fingerprint density at radius 1 is 1.64 bits per heavy atom. The van der Waals surface area contributed by atoms with Crippen molar-refractivity contribution in [2.24, 2.45) is 5.73 Å². The summed E-state index contributed by atoms with van der Waals surface area (Å²) in [4.78, 5) is 7.25. The minimum absolute atomic E-state index is 0.254. The van der Waals surface area contributed by atoms with Crippen LogP contribution in [0.5, 0.6) is 0 Å². The average Bonchev–Trinajstić information content (AvgIpc) is 2.64. The summed E-state index contributed by atoms with van der Waals surface area (Å²) in [6.45, 7) is 2.65. The highest BCUT2D eigenvalue weighted by molar-refractivity contribution is 6.32. The van der Waals surface area contributed by atoms with Crippen LogP contribution < -0.4 is 5.73 Å². The highest BCUT2D eigenvalue weighted by Crippen LogP contribution is 2.29. The van der Waals surface area contributed by atoms with Crippen molar-refractivity contribution in [1.29, 1.82) is 0 Å². The minimum atomic E-state index is 0.254. The smallest absolute Gasteiger partial charge is 0.137 e. The number of pyridine rings is 1. The Labute approximate surface area is 87.3 Å². The van der Waals surface area contributed by atoms with Crippen molar-refractivity contribution in [2.45, 2.75) is 12.8 Å². The first-order valence-electron chi connectivity index (χ1n) is 4.55. The van der Waals surface area contributed by atoms with Crippen LogP contribution in [0.3, 0.4) is 0 Å². The number of halogens is 1. The highest BCUT2D eigenvalue weighted by Gasteiger charge is 2.13. The quantitative estimate of drug-likeness (QED) is 0.798. The van der Waals surface area contributed by atoms with Crippen LogP contribution in [0.25, 0.3) is 11.0 Å². The van der Waals surface area contributed by atoms with E-state index in [9.17, 15) is 0 Å². The molecule has 0 amide bonds. The van der Waals surface area contributed by atoms with Crippen LogP contribution >= 0.6 is 11.6 Å². The van der Waals surface area contributed by atoms with Crippen LogP contribution in [0.15, 0.2) is 18.5 Å². The van der Waals surface area contributed by atoms with Gasteiger partial charge in [-0.05, 0) is 24.1 Å². The lowest BCUT2D eigenvalue weighted by molar-refractivity contribution is 0.780. The van der Waals surface area contributed by atoms with Gasteiger partial charge in [-0.15, -0.1) is 0 Å². The molecule has 0 aliphatic carbocycles. The van der Waals surface area contributed by atoms with Crippen molar-refractivity contribution in [3.8, 4) is 0 Å². The number of nitrogens with zero attached hydrogens (tertiary/aromatic N) is 1. The summed E-state index contributed by atoms with van der Waals surface area (Å²) in [5, 5.41) is 1.76. The van der Waals surface area contributed by atoms with Crippen LogP contribution in [0, 0.1) is 0 Å². The van der Waals surface area contributed by atoms with Crippen molar-refractivity contribution in [3.63, 3.8) is 0 Å². The molecule has 1 unspecified atom stereocenters. The molecule has 2 rings (SSSR count). The third-order valence-electron chi connectivity index (χ3n) is 2.43. The van der Waals surface area contributed by atoms with Crippen molar-refractivity contribution in [2.75, 3.05) is 6.54 Å². The van der Waals surface area contributed by atoms with E-state index in [1.165, 1.54) is 0 Å². The summed E-state index contributed by atoms with van der Waals surface area (Å²) in [6.07, 6.45) is 3.53. The summed E-state index contributed by atoms with van der Waals surface area (Å²) in [5.74, 6) is 0.254. The fourth-order valence-corrected chi connectivity index (χ4v) is 1.96. The van der Waals surface area contributed by atoms with Gasteiger partial charge >= 0.3 is 0 Å². The second-order valence-corrected chi connectivity index (χ2v) is 3.80. The molecular formula is C10H12ClN3. The normalized spacial score (nSPS) is 13.4. The Morgan fingerprint density at radius 3 is 3.14 bits per heavy atom. The van der Waals surface area contributed by atoms with Gasteiger partial charge < -0.3 is 10.7 Å². The molecule has 0 aliphatic rings. The van der Waals surface area contributed by atoms with E-state index >= 15 is 0 Å². The van der Waals surface area contributed by atoms with Gasteiger partial charge in [-0.1, -0.05) is 18.5 Å². The predicted molar refractivity (Wildman–Crippen MR) is 58.6 cm³/mol. The van der Waals surface area contributed by atoms with Crippen molar-refractivity contribution < 1.29 is 0 Å². The molecule has 1 atom stereocenters. The summed E-state index contributed by atoms with van der Waals surface area (Å²) < 4.78 is 0. The second kappa shape index (κ2) is 3.59.